The molecule has 0 saturated heterocycles. The van der Waals surface area contributed by atoms with Crippen LogP contribution in [0.25, 0.3) is 27.5 Å². The smallest absolute Gasteiger partial charge is 0.294 e. The molecular formula is C18H10BrClN2O2. The van der Waals surface area contributed by atoms with Gasteiger partial charge in [-0.25, -0.2) is 0 Å². The van der Waals surface area contributed by atoms with Crippen molar-refractivity contribution in [2.24, 2.45) is 0 Å². The fourth-order valence-corrected chi connectivity index (χ4v) is 3.52. The van der Waals surface area contributed by atoms with Gasteiger partial charge in [-0.3, -0.25) is 10.1 Å². The Morgan fingerprint density at radius 3 is 2.04 bits per heavy atom. The lowest BCUT2D eigenvalue weighted by molar-refractivity contribution is -0.384. The van der Waals surface area contributed by atoms with Gasteiger partial charge in [0, 0.05) is 21.3 Å². The van der Waals surface area contributed by atoms with Gasteiger partial charge in [-0.2, -0.15) is 0 Å². The van der Waals surface area contributed by atoms with Crippen LogP contribution in [-0.2, 0) is 0 Å². The van der Waals surface area contributed by atoms with Crippen molar-refractivity contribution in [1.29, 1.82) is 0 Å². The third kappa shape index (κ3) is 2.20. The molecule has 1 aromatic heterocycles. The molecule has 3 aromatic carbocycles. The highest BCUT2D eigenvalue weighted by Crippen LogP contribution is 2.38. The summed E-state index contributed by atoms with van der Waals surface area (Å²) in [6, 6.07) is 18.8. The van der Waals surface area contributed by atoms with Crippen LogP contribution in [0.1, 0.15) is 0 Å². The first kappa shape index (κ1) is 15.2. The molecule has 0 amide bonds. The molecule has 118 valence electrons. The molecule has 0 radical (unpaired) electrons. The lowest BCUT2D eigenvalue weighted by Crippen LogP contribution is -2.00. The fraction of sp³-hybridized carbons (Fsp3) is 0. The number of hydrogen-bond acceptors (Lipinski definition) is 2. The topological polar surface area (TPSA) is 48.1 Å². The van der Waals surface area contributed by atoms with Gasteiger partial charge in [-0.05, 0) is 34.1 Å². The van der Waals surface area contributed by atoms with Gasteiger partial charge in [0.05, 0.1) is 21.0 Å². The van der Waals surface area contributed by atoms with Crippen LogP contribution in [0, 0.1) is 10.1 Å². The van der Waals surface area contributed by atoms with Crippen LogP contribution in [0.5, 0.6) is 0 Å². The maximum Gasteiger partial charge on any atom is 0.294 e. The maximum atomic E-state index is 11.6. The summed E-state index contributed by atoms with van der Waals surface area (Å²) in [5.41, 5.74) is 2.25. The second-order valence-electron chi connectivity index (χ2n) is 5.38. The highest BCUT2D eigenvalue weighted by molar-refractivity contribution is 9.10. The Bertz CT molecular complexity index is 1070. The normalized spacial score (nSPS) is 11.2. The molecule has 0 atom stereocenters. The Balaban J connectivity index is 2.21. The number of nitro groups is 1. The molecule has 0 N–H and O–H groups in total. The van der Waals surface area contributed by atoms with E-state index in [1.165, 1.54) is 6.07 Å². The minimum atomic E-state index is -0.389. The number of hydrogen-bond donors (Lipinski definition) is 0. The Kier molecular flexibility index (Phi) is 3.55. The van der Waals surface area contributed by atoms with Crippen LogP contribution in [0.15, 0.2) is 65.1 Å². The van der Waals surface area contributed by atoms with Crippen molar-refractivity contribution >= 4 is 55.0 Å². The first-order valence-corrected chi connectivity index (χ1v) is 8.37. The van der Waals surface area contributed by atoms with Crippen molar-refractivity contribution in [3.05, 3.63) is 80.3 Å². The van der Waals surface area contributed by atoms with E-state index in [1.54, 1.807) is 6.07 Å². The predicted octanol–water partition coefficient (Wildman–Crippen LogP) is 6.11. The molecule has 0 aliphatic carbocycles. The number of fused-ring (bicyclic) bond motifs is 3. The van der Waals surface area contributed by atoms with Gasteiger partial charge < -0.3 is 4.57 Å². The van der Waals surface area contributed by atoms with Gasteiger partial charge >= 0.3 is 0 Å². The number of halogens is 2. The van der Waals surface area contributed by atoms with Crippen LogP contribution in [0.2, 0.25) is 5.02 Å². The lowest BCUT2D eigenvalue weighted by Gasteiger charge is -2.10. The summed E-state index contributed by atoms with van der Waals surface area (Å²) in [5, 5.41) is 14.1. The van der Waals surface area contributed by atoms with E-state index in [-0.39, 0.29) is 10.6 Å². The fourth-order valence-electron chi connectivity index (χ4n) is 3.03. The van der Waals surface area contributed by atoms with Crippen LogP contribution < -0.4 is 0 Å². The molecule has 0 fully saturated rings. The average Bonchev–Trinajstić information content (AvgIpc) is 2.91. The predicted molar refractivity (Wildman–Crippen MR) is 100 cm³/mol. The third-order valence-corrected chi connectivity index (χ3v) is 5.23. The largest absolute Gasteiger partial charge is 0.303 e. The zero-order valence-electron chi connectivity index (χ0n) is 12.2. The average molecular weight is 402 g/mol. The molecule has 4 aromatic rings. The SMILES string of the molecule is O=[N+]([O-])c1cc(Br)c(Cl)cc1-n1c2ccccc2c2ccccc21. The first-order chi connectivity index (χ1) is 11.6. The van der Waals surface area contributed by atoms with Crippen molar-refractivity contribution in [3.8, 4) is 5.69 Å². The third-order valence-electron chi connectivity index (χ3n) is 4.04. The van der Waals surface area contributed by atoms with Crippen molar-refractivity contribution in [2.75, 3.05) is 0 Å². The molecule has 0 unspecified atom stereocenters. The van der Waals surface area contributed by atoms with Crippen molar-refractivity contribution < 1.29 is 4.92 Å². The zero-order valence-corrected chi connectivity index (χ0v) is 14.6. The first-order valence-electron chi connectivity index (χ1n) is 7.20. The van der Waals surface area contributed by atoms with E-state index >= 15 is 0 Å². The van der Waals surface area contributed by atoms with Gasteiger partial charge in [0.2, 0.25) is 0 Å². The molecule has 4 nitrogen and oxygen atoms in total. The van der Waals surface area contributed by atoms with E-state index in [1.807, 2.05) is 53.1 Å². The van der Waals surface area contributed by atoms with E-state index < -0.39 is 0 Å². The van der Waals surface area contributed by atoms with Crippen LogP contribution >= 0.6 is 27.5 Å². The summed E-state index contributed by atoms with van der Waals surface area (Å²) < 4.78 is 2.39. The number of nitro benzene ring substituents is 1. The summed E-state index contributed by atoms with van der Waals surface area (Å²) in [4.78, 5) is 11.2. The molecule has 0 spiro atoms. The van der Waals surface area contributed by atoms with Crippen LogP contribution in [-0.4, -0.2) is 9.49 Å². The van der Waals surface area contributed by atoms with Crippen molar-refractivity contribution in [3.63, 3.8) is 0 Å². The number of aromatic nitrogens is 1. The Labute approximate surface area is 150 Å². The molecule has 6 heteroatoms. The van der Waals surface area contributed by atoms with E-state index in [0.29, 0.717) is 15.2 Å². The van der Waals surface area contributed by atoms with Gasteiger partial charge in [-0.15, -0.1) is 0 Å². The Morgan fingerprint density at radius 2 is 1.50 bits per heavy atom. The molecule has 24 heavy (non-hydrogen) atoms. The lowest BCUT2D eigenvalue weighted by atomic mass is 10.2. The molecule has 1 heterocycles. The molecule has 0 saturated carbocycles. The van der Waals surface area contributed by atoms with Gasteiger partial charge in [0.1, 0.15) is 5.69 Å². The molecule has 0 bridgehead atoms. The zero-order chi connectivity index (χ0) is 16.8. The highest BCUT2D eigenvalue weighted by Gasteiger charge is 2.22. The number of nitrogens with zero attached hydrogens (tertiary/aromatic N) is 2. The quantitative estimate of drug-likeness (QED) is 0.300. The Hall–Kier alpha value is -2.37. The van der Waals surface area contributed by atoms with E-state index in [9.17, 15) is 10.1 Å². The minimum absolute atomic E-state index is 0.00205. The highest BCUT2D eigenvalue weighted by atomic mass is 79.9. The number of para-hydroxylation sites is 2. The second-order valence-corrected chi connectivity index (χ2v) is 6.64. The van der Waals surface area contributed by atoms with E-state index in [4.69, 9.17) is 11.6 Å². The summed E-state index contributed by atoms with van der Waals surface area (Å²) in [5.74, 6) is 0. The second kappa shape index (κ2) is 5.61. The van der Waals surface area contributed by atoms with Crippen LogP contribution in [0.4, 0.5) is 5.69 Å². The summed E-state index contributed by atoms with van der Waals surface area (Å²) in [6.45, 7) is 0. The summed E-state index contributed by atoms with van der Waals surface area (Å²) >= 11 is 9.49. The van der Waals surface area contributed by atoms with Gasteiger partial charge in [-0.1, -0.05) is 48.0 Å². The van der Waals surface area contributed by atoms with E-state index in [0.717, 1.165) is 21.8 Å². The maximum absolute atomic E-state index is 11.6. The van der Waals surface area contributed by atoms with Gasteiger partial charge in [0.15, 0.2) is 0 Å². The number of benzene rings is 3. The van der Waals surface area contributed by atoms with Crippen molar-refractivity contribution in [1.82, 2.24) is 4.57 Å². The van der Waals surface area contributed by atoms with E-state index in [2.05, 4.69) is 15.9 Å². The summed E-state index contributed by atoms with van der Waals surface area (Å²) in [6.07, 6.45) is 0. The number of rotatable bonds is 2. The molecule has 0 aliphatic rings. The Morgan fingerprint density at radius 1 is 0.958 bits per heavy atom. The molecule has 0 aliphatic heterocycles. The molecular weight excluding hydrogens is 392 g/mol. The van der Waals surface area contributed by atoms with Crippen molar-refractivity contribution in [2.45, 2.75) is 0 Å². The van der Waals surface area contributed by atoms with Gasteiger partial charge in [0.25, 0.3) is 5.69 Å². The standard InChI is InChI=1S/C18H10BrClN2O2/c19-13-9-18(22(23)24)17(10-14(13)20)21-15-7-3-1-5-11(15)12-6-2-4-8-16(12)21/h1-10H. The van der Waals surface area contributed by atoms with Crippen LogP contribution in [0.3, 0.4) is 0 Å². The minimum Gasteiger partial charge on any atom is -0.303 e. The molecule has 4 rings (SSSR count). The summed E-state index contributed by atoms with van der Waals surface area (Å²) in [7, 11) is 0. The monoisotopic (exact) mass is 400 g/mol.